The number of halogens is 1. The number of aryl methyl sites for hydroxylation is 1. The maximum Gasteiger partial charge on any atom is 0.319 e. The van der Waals surface area contributed by atoms with Crippen LogP contribution in [-0.2, 0) is 6.54 Å². The number of urea groups is 1. The summed E-state index contributed by atoms with van der Waals surface area (Å²) in [7, 11) is 0. The first-order valence-corrected chi connectivity index (χ1v) is 9.06. The third kappa shape index (κ3) is 4.43. The highest BCUT2D eigenvalue weighted by Crippen LogP contribution is 2.30. The highest BCUT2D eigenvalue weighted by molar-refractivity contribution is 7.09. The highest BCUT2D eigenvalue weighted by atomic mass is 32.1. The van der Waals surface area contributed by atoms with Crippen LogP contribution >= 0.6 is 11.3 Å². The molecule has 0 fully saturated rings. The van der Waals surface area contributed by atoms with Crippen molar-refractivity contribution >= 4 is 23.1 Å². The van der Waals surface area contributed by atoms with Gasteiger partial charge in [0.1, 0.15) is 5.82 Å². The summed E-state index contributed by atoms with van der Waals surface area (Å²) >= 11 is 1.65. The van der Waals surface area contributed by atoms with E-state index in [4.69, 9.17) is 0 Å². The molecule has 1 atom stereocenters. The zero-order valence-corrected chi connectivity index (χ0v) is 15.3. The summed E-state index contributed by atoms with van der Waals surface area (Å²) in [6.07, 6.45) is 1.12. The fourth-order valence-corrected chi connectivity index (χ4v) is 3.48. The maximum absolute atomic E-state index is 12.8. The third-order valence-electron chi connectivity index (χ3n) is 4.06. The predicted octanol–water partition coefficient (Wildman–Crippen LogP) is 4.46. The van der Waals surface area contributed by atoms with E-state index in [0.29, 0.717) is 11.4 Å². The first-order chi connectivity index (χ1) is 12.5. The Morgan fingerprint density at radius 3 is 2.58 bits per heavy atom. The molecular weight excluding hydrogens is 351 g/mol. The molecule has 1 aromatic carbocycles. The largest absolute Gasteiger partial charge is 0.332 e. The van der Waals surface area contributed by atoms with E-state index in [2.05, 4.69) is 27.5 Å². The average Bonchev–Trinajstić information content (AvgIpc) is 3.07. The molecular formula is C19H19FN4OS. The van der Waals surface area contributed by atoms with Crippen molar-refractivity contribution in [3.05, 3.63) is 75.8 Å². The molecule has 7 heteroatoms. The summed E-state index contributed by atoms with van der Waals surface area (Å²) in [5.41, 5.74) is 5.37. The van der Waals surface area contributed by atoms with E-state index in [9.17, 15) is 9.18 Å². The lowest BCUT2D eigenvalue weighted by atomic mass is 9.98. The summed E-state index contributed by atoms with van der Waals surface area (Å²) < 4.78 is 12.8. The molecule has 5 nitrogen and oxygen atoms in total. The molecule has 0 aliphatic heterocycles. The molecule has 0 bridgehead atoms. The second-order valence-corrected chi connectivity index (χ2v) is 6.81. The van der Waals surface area contributed by atoms with Gasteiger partial charge in [0, 0.05) is 16.5 Å². The summed E-state index contributed by atoms with van der Waals surface area (Å²) in [5.74, 6) is -0.143. The van der Waals surface area contributed by atoms with Gasteiger partial charge in [0.15, 0.2) is 0 Å². The minimum atomic E-state index is -0.402. The summed E-state index contributed by atoms with van der Waals surface area (Å²) in [4.78, 5) is 21.4. The molecule has 3 rings (SSSR count). The van der Waals surface area contributed by atoms with Crippen LogP contribution in [0.4, 0.5) is 14.9 Å². The molecule has 3 aromatic rings. The Bertz CT molecular complexity index is 877. The van der Waals surface area contributed by atoms with Crippen molar-refractivity contribution in [2.75, 3.05) is 5.32 Å². The van der Waals surface area contributed by atoms with Crippen LogP contribution < -0.4 is 10.6 Å². The zero-order valence-electron chi connectivity index (χ0n) is 14.5. The lowest BCUT2D eigenvalue weighted by molar-refractivity contribution is 0.251. The topological polar surface area (TPSA) is 66.9 Å². The van der Waals surface area contributed by atoms with Gasteiger partial charge in [-0.3, -0.25) is 4.98 Å². The van der Waals surface area contributed by atoms with E-state index in [0.717, 1.165) is 11.9 Å². The fourth-order valence-electron chi connectivity index (χ4n) is 2.59. The molecule has 0 saturated carbocycles. The molecule has 26 heavy (non-hydrogen) atoms. The number of nitrogens with one attached hydrogen (secondary N) is 2. The van der Waals surface area contributed by atoms with Crippen LogP contribution in [0.5, 0.6) is 0 Å². The first kappa shape index (κ1) is 18.0. The first-order valence-electron chi connectivity index (χ1n) is 8.18. The number of rotatable bonds is 5. The van der Waals surface area contributed by atoms with Crippen LogP contribution in [0.25, 0.3) is 0 Å². The second-order valence-electron chi connectivity index (χ2n) is 5.92. The smallest absolute Gasteiger partial charge is 0.319 e. The maximum atomic E-state index is 12.8. The van der Waals surface area contributed by atoms with Crippen LogP contribution in [-0.4, -0.2) is 16.0 Å². The molecule has 0 spiro atoms. The monoisotopic (exact) mass is 370 g/mol. The predicted molar refractivity (Wildman–Crippen MR) is 101 cm³/mol. The van der Waals surface area contributed by atoms with E-state index in [1.54, 1.807) is 11.3 Å². The highest BCUT2D eigenvalue weighted by Gasteiger charge is 2.13. The van der Waals surface area contributed by atoms with Gasteiger partial charge in [0.2, 0.25) is 0 Å². The number of thiazole rings is 1. The van der Waals surface area contributed by atoms with Crippen molar-refractivity contribution in [2.24, 2.45) is 0 Å². The summed E-state index contributed by atoms with van der Waals surface area (Å²) in [6, 6.07) is 10.3. The van der Waals surface area contributed by atoms with E-state index in [1.807, 2.05) is 36.7 Å². The Morgan fingerprint density at radius 2 is 1.96 bits per heavy atom. The van der Waals surface area contributed by atoms with Gasteiger partial charge in [-0.1, -0.05) is 19.1 Å². The standard InChI is InChI=1S/C19H19FN4OS/c1-12(18-13(2)23-11-26-18)14-3-6-16(7-4-14)24-19(25)22-10-17-8-5-15(20)9-21-17/h3-9,11-12H,10H2,1-2H3,(H2,22,24,25)/t12-/m0/s1. The van der Waals surface area contributed by atoms with Crippen LogP contribution in [0.2, 0.25) is 0 Å². The van der Waals surface area contributed by atoms with Crippen LogP contribution in [0.15, 0.2) is 48.1 Å². The normalized spacial score (nSPS) is 11.8. The molecule has 0 aliphatic rings. The van der Waals surface area contributed by atoms with Gasteiger partial charge in [0.05, 0.1) is 29.6 Å². The van der Waals surface area contributed by atoms with Crippen LogP contribution in [0.1, 0.15) is 34.7 Å². The Labute approximate surface area is 155 Å². The number of anilines is 1. The molecule has 2 heterocycles. The molecule has 134 valence electrons. The van der Waals surface area contributed by atoms with Gasteiger partial charge >= 0.3 is 6.03 Å². The summed E-state index contributed by atoms with van der Waals surface area (Å²) in [6.45, 7) is 4.38. The lowest BCUT2D eigenvalue weighted by Gasteiger charge is -2.12. The summed E-state index contributed by atoms with van der Waals surface area (Å²) in [5, 5.41) is 5.47. The molecule has 2 N–H and O–H groups in total. The van der Waals surface area contributed by atoms with E-state index < -0.39 is 5.82 Å². The minimum absolute atomic E-state index is 0.228. The van der Waals surface area contributed by atoms with Crippen LogP contribution in [0, 0.1) is 12.7 Å². The van der Waals surface area contributed by atoms with Gasteiger partial charge < -0.3 is 10.6 Å². The van der Waals surface area contributed by atoms with Gasteiger partial charge in [-0.05, 0) is 36.8 Å². The van der Waals surface area contributed by atoms with Crippen molar-refractivity contribution in [1.29, 1.82) is 0 Å². The number of aromatic nitrogens is 2. The third-order valence-corrected chi connectivity index (χ3v) is 5.18. The number of hydrogen-bond acceptors (Lipinski definition) is 4. The van der Waals surface area contributed by atoms with Crippen molar-refractivity contribution in [3.63, 3.8) is 0 Å². The number of amides is 2. The fraction of sp³-hybridized carbons (Fsp3) is 0.211. The molecule has 2 aromatic heterocycles. The van der Waals surface area contributed by atoms with Crippen molar-refractivity contribution in [2.45, 2.75) is 26.3 Å². The molecule has 0 radical (unpaired) electrons. The average molecular weight is 370 g/mol. The quantitative estimate of drug-likeness (QED) is 0.697. The minimum Gasteiger partial charge on any atom is -0.332 e. The number of nitrogens with zero attached hydrogens (tertiary/aromatic N) is 2. The Hall–Kier alpha value is -2.80. The number of pyridine rings is 1. The van der Waals surface area contributed by atoms with Crippen LogP contribution in [0.3, 0.4) is 0 Å². The van der Waals surface area contributed by atoms with Crippen molar-refractivity contribution in [3.8, 4) is 0 Å². The number of benzene rings is 1. The Kier molecular flexibility index (Phi) is 5.58. The van der Waals surface area contributed by atoms with Gasteiger partial charge in [-0.2, -0.15) is 0 Å². The number of carbonyl (C=O) groups is 1. The van der Waals surface area contributed by atoms with E-state index in [-0.39, 0.29) is 18.5 Å². The van der Waals surface area contributed by atoms with Crippen molar-refractivity contribution in [1.82, 2.24) is 15.3 Å². The van der Waals surface area contributed by atoms with Gasteiger partial charge in [-0.15, -0.1) is 11.3 Å². The Morgan fingerprint density at radius 1 is 1.19 bits per heavy atom. The van der Waals surface area contributed by atoms with E-state index in [1.165, 1.54) is 22.6 Å². The molecule has 0 aliphatic carbocycles. The number of hydrogen-bond donors (Lipinski definition) is 2. The van der Waals surface area contributed by atoms with Gasteiger partial charge in [0.25, 0.3) is 0 Å². The molecule has 0 unspecified atom stereocenters. The van der Waals surface area contributed by atoms with E-state index >= 15 is 0 Å². The second kappa shape index (κ2) is 8.05. The lowest BCUT2D eigenvalue weighted by Crippen LogP contribution is -2.28. The van der Waals surface area contributed by atoms with Gasteiger partial charge in [-0.25, -0.2) is 14.2 Å². The molecule has 2 amide bonds. The SMILES string of the molecule is Cc1ncsc1[C@@H](C)c1ccc(NC(=O)NCc2ccc(F)cn2)cc1. The number of carbonyl (C=O) groups excluding carboxylic acids is 1. The molecule has 0 saturated heterocycles. The zero-order chi connectivity index (χ0) is 18.5. The van der Waals surface area contributed by atoms with Crippen molar-refractivity contribution < 1.29 is 9.18 Å². The Balaban J connectivity index is 1.56.